The zero-order valence-corrected chi connectivity index (χ0v) is 34.4. The zero-order valence-electron chi connectivity index (χ0n) is 34.4. The number of imidazole rings is 2. The van der Waals surface area contributed by atoms with Crippen LogP contribution in [0, 0.1) is 18.6 Å². The van der Waals surface area contributed by atoms with Crippen molar-refractivity contribution >= 4 is 46.0 Å². The smallest absolute Gasteiger partial charge is 0.268 e. The van der Waals surface area contributed by atoms with E-state index in [2.05, 4.69) is 35.6 Å². The molecule has 6 N–H and O–H groups in total. The number of nitrogens with zero attached hydrogens (tertiary/aromatic N) is 9. The second-order valence-electron chi connectivity index (χ2n) is 15.2. The first-order valence-corrected chi connectivity index (χ1v) is 19.9. The molecule has 2 aromatic carbocycles. The number of benzene rings is 2. The number of aromatic nitrogens is 9. The minimum Gasteiger partial charge on any atom is -0.493 e. The molecule has 0 atom stereocenters. The highest BCUT2D eigenvalue weighted by Crippen LogP contribution is 2.37. The van der Waals surface area contributed by atoms with Crippen LogP contribution in [0.15, 0.2) is 78.1 Å². The Labute approximate surface area is 360 Å². The van der Waals surface area contributed by atoms with E-state index in [0.29, 0.717) is 97.6 Å². The number of furan rings is 1. The Morgan fingerprint density at radius 1 is 0.844 bits per heavy atom. The quantitative estimate of drug-likeness (QED) is 0.112. The van der Waals surface area contributed by atoms with Gasteiger partial charge in [0.1, 0.15) is 40.0 Å². The van der Waals surface area contributed by atoms with Gasteiger partial charge in [-0.3, -0.25) is 23.1 Å². The van der Waals surface area contributed by atoms with Crippen molar-refractivity contribution in [3.63, 3.8) is 0 Å². The Bertz CT molecular complexity index is 3370. The van der Waals surface area contributed by atoms with Crippen molar-refractivity contribution in [1.82, 2.24) is 43.5 Å². The molecular formula is C44H37F2N13O5. The molecule has 0 saturated carbocycles. The lowest BCUT2D eigenvalue weighted by molar-refractivity contribution is 0.0988. The van der Waals surface area contributed by atoms with Crippen LogP contribution >= 0.6 is 0 Å². The lowest BCUT2D eigenvalue weighted by Crippen LogP contribution is -2.11. The van der Waals surface area contributed by atoms with Gasteiger partial charge in [0, 0.05) is 109 Å². The summed E-state index contributed by atoms with van der Waals surface area (Å²) in [6.45, 7) is 2.36. The standard InChI is InChI=1S/C44H37F2N13O5/c1-21-10-37(62-3)49-14-26(21)29-17-52-43(58-19-33(39(47)60)54-41(29)58)51-16-28-25-7-9-64-38(25)22(12-32(28)46)11-23-13-35(57(2)56-23)30-18-53-44(59-20-34(40(48)61)55-42(30)59)50-15-27-24-6-8-63-36(24)5-4-31(27)45/h4-6,8,10,12-14,17-20H,7,9,11,15-16H2,1-3H3,(H2,47,60)(H2,48,61)(H,50,53)(H,51,52). The lowest BCUT2D eigenvalue weighted by atomic mass is 9.98. The number of nitrogens with one attached hydrogen (secondary N) is 2. The van der Waals surface area contributed by atoms with Gasteiger partial charge in [-0.1, -0.05) is 0 Å². The van der Waals surface area contributed by atoms with E-state index >= 15 is 4.39 Å². The third-order valence-corrected chi connectivity index (χ3v) is 11.3. The molecule has 2 amide bonds. The van der Waals surface area contributed by atoms with Crippen LogP contribution in [0.2, 0.25) is 0 Å². The molecule has 7 aromatic heterocycles. The first kappa shape index (κ1) is 39.7. The number of hydrogen-bond donors (Lipinski definition) is 4. The molecule has 0 bridgehead atoms. The highest BCUT2D eigenvalue weighted by Gasteiger charge is 2.26. The van der Waals surface area contributed by atoms with Crippen LogP contribution in [0.4, 0.5) is 20.7 Å². The van der Waals surface area contributed by atoms with Crippen LogP contribution in [0.5, 0.6) is 11.6 Å². The number of fused-ring (bicyclic) bond motifs is 4. The Hall–Kier alpha value is -8.42. The maximum Gasteiger partial charge on any atom is 0.268 e. The van der Waals surface area contributed by atoms with Crippen molar-refractivity contribution in [1.29, 1.82) is 0 Å². The Kier molecular flexibility index (Phi) is 9.61. The number of halogens is 2. The molecule has 0 spiro atoms. The van der Waals surface area contributed by atoms with Crippen molar-refractivity contribution in [2.75, 3.05) is 24.4 Å². The van der Waals surface area contributed by atoms with Gasteiger partial charge in [-0.25, -0.2) is 33.7 Å². The molecule has 18 nitrogen and oxygen atoms in total. The highest BCUT2D eigenvalue weighted by atomic mass is 19.1. The van der Waals surface area contributed by atoms with E-state index in [1.54, 1.807) is 57.3 Å². The number of primary amides is 2. The number of carbonyl (C=O) groups is 2. The van der Waals surface area contributed by atoms with Gasteiger partial charge in [-0.2, -0.15) is 5.10 Å². The second-order valence-corrected chi connectivity index (χ2v) is 15.2. The third-order valence-electron chi connectivity index (χ3n) is 11.3. The Morgan fingerprint density at radius 2 is 1.52 bits per heavy atom. The van der Waals surface area contributed by atoms with Crippen LogP contribution in [-0.4, -0.2) is 69.0 Å². The average molecular weight is 866 g/mol. The number of amides is 2. The fraction of sp³-hybridized carbons (Fsp3) is 0.182. The number of hydrogen-bond acceptors (Lipinski definition) is 13. The summed E-state index contributed by atoms with van der Waals surface area (Å²) in [6.07, 6.45) is 9.98. The predicted molar refractivity (Wildman–Crippen MR) is 229 cm³/mol. The summed E-state index contributed by atoms with van der Waals surface area (Å²) in [5, 5.41) is 11.8. The SMILES string of the molecule is COc1cc(C)c(-c2cnc(NCc3c(F)cc(Cc4cc(-c5cnc(NCc6c(F)ccc7occc67)n6cc(C(N)=O)nc56)n(C)n4)c4c3CCO4)n3cc(C(N)=O)nc23)cn1. The molecule has 20 heteroatoms. The molecule has 1 aliphatic rings. The van der Waals surface area contributed by atoms with E-state index in [1.807, 2.05) is 13.0 Å². The number of pyridine rings is 1. The molecule has 10 rings (SSSR count). The van der Waals surface area contributed by atoms with E-state index in [1.165, 1.54) is 37.9 Å². The first-order chi connectivity index (χ1) is 30.9. The number of carbonyl (C=O) groups excluding carboxylic acids is 2. The molecule has 0 unspecified atom stereocenters. The fourth-order valence-corrected chi connectivity index (χ4v) is 8.20. The molecule has 0 saturated heterocycles. The number of nitrogens with two attached hydrogens (primary N) is 2. The topological polar surface area (TPSA) is 233 Å². The van der Waals surface area contributed by atoms with Crippen LogP contribution in [0.1, 0.15) is 54.5 Å². The summed E-state index contributed by atoms with van der Waals surface area (Å²) in [7, 11) is 3.29. The van der Waals surface area contributed by atoms with Gasteiger partial charge in [0.25, 0.3) is 11.8 Å². The van der Waals surface area contributed by atoms with Gasteiger partial charge in [-0.15, -0.1) is 0 Å². The first-order valence-electron chi connectivity index (χ1n) is 19.9. The summed E-state index contributed by atoms with van der Waals surface area (Å²) in [4.78, 5) is 47.2. The van der Waals surface area contributed by atoms with E-state index in [-0.39, 0.29) is 36.8 Å². The zero-order chi connectivity index (χ0) is 44.4. The van der Waals surface area contributed by atoms with E-state index in [4.69, 9.17) is 30.5 Å². The fourth-order valence-electron chi connectivity index (χ4n) is 8.20. The number of rotatable bonds is 13. The molecule has 0 radical (unpaired) electrons. The minimum atomic E-state index is -0.742. The van der Waals surface area contributed by atoms with Crippen LogP contribution in [0.25, 0.3) is 44.6 Å². The van der Waals surface area contributed by atoms with Gasteiger partial charge in [0.15, 0.2) is 5.65 Å². The highest BCUT2D eigenvalue weighted by molar-refractivity contribution is 5.93. The molecule has 322 valence electrons. The summed E-state index contributed by atoms with van der Waals surface area (Å²) in [5.74, 6) is -0.712. The van der Waals surface area contributed by atoms with E-state index in [9.17, 15) is 14.0 Å². The largest absolute Gasteiger partial charge is 0.493 e. The molecular weight excluding hydrogens is 829 g/mol. The molecule has 9 aromatic rings. The maximum atomic E-state index is 16.3. The van der Waals surface area contributed by atoms with Crippen LogP contribution < -0.4 is 31.6 Å². The molecule has 64 heavy (non-hydrogen) atoms. The maximum absolute atomic E-state index is 16.3. The number of ether oxygens (including phenoxy) is 2. The van der Waals surface area contributed by atoms with Gasteiger partial charge < -0.3 is 36.0 Å². The van der Waals surface area contributed by atoms with Crippen molar-refractivity contribution in [3.8, 4) is 34.0 Å². The molecule has 0 fully saturated rings. The predicted octanol–water partition coefficient (Wildman–Crippen LogP) is 5.52. The number of methoxy groups -OCH3 is 1. The van der Waals surface area contributed by atoms with Crippen molar-refractivity contribution < 1.29 is 32.3 Å². The van der Waals surface area contributed by atoms with Crippen molar-refractivity contribution in [3.05, 3.63) is 130 Å². The van der Waals surface area contributed by atoms with Gasteiger partial charge >= 0.3 is 0 Å². The van der Waals surface area contributed by atoms with Crippen LogP contribution in [-0.2, 0) is 33.0 Å². The number of aryl methyl sites for hydroxylation is 2. The Balaban J connectivity index is 0.927. The second kappa shape index (κ2) is 15.5. The monoisotopic (exact) mass is 865 g/mol. The van der Waals surface area contributed by atoms with E-state index < -0.39 is 23.4 Å². The normalized spacial score (nSPS) is 12.3. The summed E-state index contributed by atoms with van der Waals surface area (Å²) in [6, 6.07) is 9.66. The minimum absolute atomic E-state index is 0.000536. The van der Waals surface area contributed by atoms with Crippen molar-refractivity contribution in [2.24, 2.45) is 18.5 Å². The lowest BCUT2D eigenvalue weighted by Gasteiger charge is -2.15. The number of anilines is 2. The Morgan fingerprint density at radius 3 is 2.20 bits per heavy atom. The summed E-state index contributed by atoms with van der Waals surface area (Å²) < 4.78 is 52.9. The van der Waals surface area contributed by atoms with Gasteiger partial charge in [0.2, 0.25) is 17.8 Å². The van der Waals surface area contributed by atoms with E-state index in [0.717, 1.165) is 11.1 Å². The third kappa shape index (κ3) is 6.80. The van der Waals surface area contributed by atoms with Gasteiger partial charge in [-0.05, 0) is 42.8 Å². The summed E-state index contributed by atoms with van der Waals surface area (Å²) >= 11 is 0. The molecule has 1 aliphatic heterocycles. The van der Waals surface area contributed by atoms with Gasteiger partial charge in [0.05, 0.1) is 36.9 Å². The molecule has 8 heterocycles. The average Bonchev–Trinajstić information content (AvgIpc) is 4.13. The molecule has 0 aliphatic carbocycles. The summed E-state index contributed by atoms with van der Waals surface area (Å²) in [5.41, 5.74) is 18.6. The van der Waals surface area contributed by atoms with Crippen molar-refractivity contribution in [2.45, 2.75) is 32.9 Å². The van der Waals surface area contributed by atoms with Crippen LogP contribution in [0.3, 0.4) is 0 Å².